The van der Waals surface area contributed by atoms with Gasteiger partial charge in [0.05, 0.1) is 11.4 Å². The standard InChI is InChI=1S/C19H23N3O4S/c1-13-8-9-15(10-14(13)2)19(24)20-12-18(23)21-16-6-5-7-17(11-16)27(25,26)22(3)4/h5-11H,12H2,1-4H3,(H,20,24)(H,21,23). The van der Waals surface area contributed by atoms with Crippen LogP contribution in [0.3, 0.4) is 0 Å². The van der Waals surface area contributed by atoms with Crippen LogP contribution in [0, 0.1) is 13.8 Å². The normalized spacial score (nSPS) is 11.3. The molecular formula is C19H23N3O4S. The summed E-state index contributed by atoms with van der Waals surface area (Å²) < 4.78 is 25.4. The number of rotatable bonds is 6. The third-order valence-electron chi connectivity index (χ3n) is 4.07. The van der Waals surface area contributed by atoms with Crippen LogP contribution >= 0.6 is 0 Å². The molecule has 0 atom stereocenters. The first-order valence-corrected chi connectivity index (χ1v) is 9.73. The fourth-order valence-electron chi connectivity index (χ4n) is 2.30. The van der Waals surface area contributed by atoms with Gasteiger partial charge in [-0.25, -0.2) is 12.7 Å². The molecule has 7 nitrogen and oxygen atoms in total. The summed E-state index contributed by atoms with van der Waals surface area (Å²) in [5, 5.41) is 5.14. The van der Waals surface area contributed by atoms with Crippen molar-refractivity contribution in [3.05, 3.63) is 59.2 Å². The third-order valence-corrected chi connectivity index (χ3v) is 5.89. The highest BCUT2D eigenvalue weighted by Crippen LogP contribution is 2.17. The van der Waals surface area contributed by atoms with Gasteiger partial charge in [-0.05, 0) is 55.3 Å². The zero-order chi connectivity index (χ0) is 20.2. The number of nitrogens with zero attached hydrogens (tertiary/aromatic N) is 1. The van der Waals surface area contributed by atoms with Crippen LogP contribution in [0.5, 0.6) is 0 Å². The molecule has 27 heavy (non-hydrogen) atoms. The second-order valence-electron chi connectivity index (χ2n) is 6.35. The smallest absolute Gasteiger partial charge is 0.251 e. The average Bonchev–Trinajstić information content (AvgIpc) is 2.62. The summed E-state index contributed by atoms with van der Waals surface area (Å²) in [6.45, 7) is 3.64. The lowest BCUT2D eigenvalue weighted by molar-refractivity contribution is -0.115. The van der Waals surface area contributed by atoms with Crippen molar-refractivity contribution in [2.45, 2.75) is 18.7 Å². The van der Waals surface area contributed by atoms with E-state index in [2.05, 4.69) is 10.6 Å². The summed E-state index contributed by atoms with van der Waals surface area (Å²) in [7, 11) is -0.725. The van der Waals surface area contributed by atoms with Gasteiger partial charge in [-0.1, -0.05) is 12.1 Å². The summed E-state index contributed by atoms with van der Waals surface area (Å²) in [5.74, 6) is -0.802. The second-order valence-corrected chi connectivity index (χ2v) is 8.50. The molecule has 8 heteroatoms. The van der Waals surface area contributed by atoms with Gasteiger partial charge in [-0.2, -0.15) is 0 Å². The lowest BCUT2D eigenvalue weighted by Gasteiger charge is -2.13. The molecule has 2 rings (SSSR count). The zero-order valence-electron chi connectivity index (χ0n) is 15.7. The Kier molecular flexibility index (Phi) is 6.35. The molecule has 0 aromatic heterocycles. The maximum Gasteiger partial charge on any atom is 0.251 e. The Bertz CT molecular complexity index is 969. The van der Waals surface area contributed by atoms with Gasteiger partial charge in [0.25, 0.3) is 5.91 Å². The first-order valence-electron chi connectivity index (χ1n) is 8.29. The average molecular weight is 389 g/mol. The number of carbonyl (C=O) groups excluding carboxylic acids is 2. The van der Waals surface area contributed by atoms with E-state index in [1.165, 1.54) is 26.2 Å². The highest BCUT2D eigenvalue weighted by Gasteiger charge is 2.17. The lowest BCUT2D eigenvalue weighted by Crippen LogP contribution is -2.33. The molecule has 0 unspecified atom stereocenters. The summed E-state index contributed by atoms with van der Waals surface area (Å²) in [4.78, 5) is 24.3. The summed E-state index contributed by atoms with van der Waals surface area (Å²) in [6, 6.07) is 11.3. The van der Waals surface area contributed by atoms with Crippen molar-refractivity contribution in [2.24, 2.45) is 0 Å². The number of amides is 2. The topological polar surface area (TPSA) is 95.6 Å². The summed E-state index contributed by atoms with van der Waals surface area (Å²) >= 11 is 0. The summed E-state index contributed by atoms with van der Waals surface area (Å²) in [6.07, 6.45) is 0. The van der Waals surface area contributed by atoms with Crippen LogP contribution < -0.4 is 10.6 Å². The van der Waals surface area contributed by atoms with Gasteiger partial charge in [0.15, 0.2) is 0 Å². The molecule has 0 heterocycles. The lowest BCUT2D eigenvalue weighted by atomic mass is 10.1. The minimum absolute atomic E-state index is 0.0736. The molecule has 0 aliphatic carbocycles. The predicted molar refractivity (Wildman–Crippen MR) is 104 cm³/mol. The molecule has 0 aliphatic rings. The molecule has 0 spiro atoms. The number of anilines is 1. The number of carbonyl (C=O) groups is 2. The van der Waals surface area contributed by atoms with E-state index in [1.807, 2.05) is 19.9 Å². The van der Waals surface area contributed by atoms with E-state index in [9.17, 15) is 18.0 Å². The van der Waals surface area contributed by atoms with E-state index in [0.717, 1.165) is 15.4 Å². The maximum absolute atomic E-state index is 12.1. The number of hydrogen-bond acceptors (Lipinski definition) is 4. The molecular weight excluding hydrogens is 366 g/mol. The Hall–Kier alpha value is -2.71. The van der Waals surface area contributed by atoms with Crippen molar-refractivity contribution in [3.63, 3.8) is 0 Å². The number of hydrogen-bond donors (Lipinski definition) is 2. The molecule has 144 valence electrons. The minimum Gasteiger partial charge on any atom is -0.343 e. The van der Waals surface area contributed by atoms with E-state index >= 15 is 0 Å². The van der Waals surface area contributed by atoms with Crippen molar-refractivity contribution < 1.29 is 18.0 Å². The van der Waals surface area contributed by atoms with Gasteiger partial charge in [-0.15, -0.1) is 0 Å². The van der Waals surface area contributed by atoms with Crippen LogP contribution in [0.1, 0.15) is 21.5 Å². The predicted octanol–water partition coefficient (Wildman–Crippen LogP) is 1.92. The SMILES string of the molecule is Cc1ccc(C(=O)NCC(=O)Nc2cccc(S(=O)(=O)N(C)C)c2)cc1C. The number of sulfonamides is 1. The van der Waals surface area contributed by atoms with E-state index in [0.29, 0.717) is 11.3 Å². The second kappa shape index (κ2) is 8.32. The van der Waals surface area contributed by atoms with Crippen molar-refractivity contribution in [1.29, 1.82) is 0 Å². The number of benzene rings is 2. The van der Waals surface area contributed by atoms with E-state index in [1.54, 1.807) is 24.3 Å². The van der Waals surface area contributed by atoms with Crippen molar-refractivity contribution in [3.8, 4) is 0 Å². The monoisotopic (exact) mass is 389 g/mol. The van der Waals surface area contributed by atoms with E-state index in [4.69, 9.17) is 0 Å². The molecule has 2 amide bonds. The number of aryl methyl sites for hydroxylation is 2. The Morgan fingerprint density at radius 2 is 1.70 bits per heavy atom. The molecule has 0 fully saturated rings. The van der Waals surface area contributed by atoms with Gasteiger partial charge < -0.3 is 10.6 Å². The van der Waals surface area contributed by atoms with Gasteiger partial charge in [0.2, 0.25) is 15.9 Å². The fourth-order valence-corrected chi connectivity index (χ4v) is 3.24. The Balaban J connectivity index is 2.00. The quantitative estimate of drug-likeness (QED) is 0.789. The fraction of sp³-hybridized carbons (Fsp3) is 0.263. The molecule has 0 aliphatic heterocycles. The third kappa shape index (κ3) is 5.15. The van der Waals surface area contributed by atoms with Gasteiger partial charge in [0.1, 0.15) is 0 Å². The minimum atomic E-state index is -3.59. The Morgan fingerprint density at radius 1 is 1.00 bits per heavy atom. The first kappa shape index (κ1) is 20.6. The van der Waals surface area contributed by atoms with Crippen molar-refractivity contribution >= 4 is 27.5 Å². The van der Waals surface area contributed by atoms with Crippen molar-refractivity contribution in [2.75, 3.05) is 26.0 Å². The maximum atomic E-state index is 12.1. The molecule has 0 bridgehead atoms. The van der Waals surface area contributed by atoms with Gasteiger partial charge in [0, 0.05) is 25.3 Å². The van der Waals surface area contributed by atoms with Crippen LogP contribution in [0.2, 0.25) is 0 Å². The van der Waals surface area contributed by atoms with Crippen LogP contribution in [-0.2, 0) is 14.8 Å². The largest absolute Gasteiger partial charge is 0.343 e. The highest BCUT2D eigenvalue weighted by molar-refractivity contribution is 7.89. The first-order chi connectivity index (χ1) is 12.6. The van der Waals surface area contributed by atoms with E-state index in [-0.39, 0.29) is 17.3 Å². The number of nitrogens with one attached hydrogen (secondary N) is 2. The van der Waals surface area contributed by atoms with Gasteiger partial charge in [-0.3, -0.25) is 9.59 Å². The molecule has 2 N–H and O–H groups in total. The molecule has 2 aromatic carbocycles. The Morgan fingerprint density at radius 3 is 2.33 bits per heavy atom. The van der Waals surface area contributed by atoms with Crippen LogP contribution in [0.4, 0.5) is 5.69 Å². The molecule has 0 saturated carbocycles. The molecule has 0 radical (unpaired) electrons. The van der Waals surface area contributed by atoms with Gasteiger partial charge >= 0.3 is 0 Å². The van der Waals surface area contributed by atoms with Crippen molar-refractivity contribution in [1.82, 2.24) is 9.62 Å². The molecule has 2 aromatic rings. The zero-order valence-corrected chi connectivity index (χ0v) is 16.6. The molecule has 0 saturated heterocycles. The summed E-state index contributed by atoms with van der Waals surface area (Å²) in [5.41, 5.74) is 2.89. The highest BCUT2D eigenvalue weighted by atomic mass is 32.2. The van der Waals surface area contributed by atoms with Crippen LogP contribution in [0.25, 0.3) is 0 Å². The van der Waals surface area contributed by atoms with E-state index < -0.39 is 15.9 Å². The van der Waals surface area contributed by atoms with Crippen LogP contribution in [0.15, 0.2) is 47.4 Å². The van der Waals surface area contributed by atoms with Crippen LogP contribution in [-0.4, -0.2) is 45.2 Å². The Labute approximate surface area is 159 Å².